The molecule has 0 aromatic heterocycles. The first kappa shape index (κ1) is 11.9. The van der Waals surface area contributed by atoms with Gasteiger partial charge in [-0.05, 0) is 55.7 Å². The Hall–Kier alpha value is -1.18. The van der Waals surface area contributed by atoms with Crippen LogP contribution in [-0.2, 0) is 0 Å². The maximum absolute atomic E-state index is 3.77. The van der Waals surface area contributed by atoms with Crippen LogP contribution in [0, 0.1) is 18.8 Å². The quantitative estimate of drug-likeness (QED) is 0.873. The molecule has 0 amide bonds. The summed E-state index contributed by atoms with van der Waals surface area (Å²) < 4.78 is 0. The lowest BCUT2D eigenvalue weighted by molar-refractivity contribution is 0.440. The third kappa shape index (κ3) is 2.09. The van der Waals surface area contributed by atoms with E-state index < -0.39 is 0 Å². The van der Waals surface area contributed by atoms with Gasteiger partial charge in [0.2, 0.25) is 0 Å². The highest BCUT2D eigenvalue weighted by Gasteiger charge is 2.39. The fourth-order valence-corrected chi connectivity index (χ4v) is 3.82. The summed E-state index contributed by atoms with van der Waals surface area (Å²) in [7, 11) is 4.23. The Labute approximate surface area is 110 Å². The number of rotatable bonds is 3. The van der Waals surface area contributed by atoms with Gasteiger partial charge in [-0.2, -0.15) is 0 Å². The molecule has 1 aromatic carbocycles. The molecule has 3 atom stereocenters. The maximum atomic E-state index is 3.77. The van der Waals surface area contributed by atoms with Crippen LogP contribution in [0.5, 0.6) is 0 Å². The van der Waals surface area contributed by atoms with E-state index in [1.54, 1.807) is 0 Å². The molecule has 1 N–H and O–H groups in total. The third-order valence-electron chi connectivity index (χ3n) is 4.78. The number of hydrogen-bond acceptors (Lipinski definition) is 2. The van der Waals surface area contributed by atoms with Gasteiger partial charge in [0, 0.05) is 31.5 Å². The van der Waals surface area contributed by atoms with E-state index in [0.717, 1.165) is 17.9 Å². The SMILES string of the molecule is Cc1ccc(NC2CC3CCC2C3)cc1N(C)C. The van der Waals surface area contributed by atoms with Crippen LogP contribution in [0.4, 0.5) is 11.4 Å². The fourth-order valence-electron chi connectivity index (χ4n) is 3.82. The van der Waals surface area contributed by atoms with Crippen molar-refractivity contribution in [2.45, 2.75) is 38.6 Å². The minimum atomic E-state index is 0.724. The molecular formula is C16H24N2. The highest BCUT2D eigenvalue weighted by Crippen LogP contribution is 2.45. The Bertz CT molecular complexity index is 439. The molecular weight excluding hydrogens is 220 g/mol. The predicted molar refractivity (Wildman–Crippen MR) is 78.4 cm³/mol. The molecule has 3 rings (SSSR count). The van der Waals surface area contributed by atoms with Crippen molar-refractivity contribution in [3.05, 3.63) is 23.8 Å². The molecule has 98 valence electrons. The molecule has 0 heterocycles. The Kier molecular flexibility index (Phi) is 2.96. The molecule has 0 radical (unpaired) electrons. The van der Waals surface area contributed by atoms with E-state index in [-0.39, 0.29) is 0 Å². The topological polar surface area (TPSA) is 15.3 Å². The molecule has 2 heteroatoms. The van der Waals surface area contributed by atoms with E-state index >= 15 is 0 Å². The van der Waals surface area contributed by atoms with E-state index in [0.29, 0.717) is 0 Å². The normalized spacial score (nSPS) is 29.6. The summed E-state index contributed by atoms with van der Waals surface area (Å²) in [5, 5.41) is 3.77. The third-order valence-corrected chi connectivity index (χ3v) is 4.78. The number of benzene rings is 1. The van der Waals surface area contributed by atoms with E-state index in [1.807, 2.05) is 0 Å². The smallest absolute Gasteiger partial charge is 0.0411 e. The zero-order valence-corrected chi connectivity index (χ0v) is 11.7. The van der Waals surface area contributed by atoms with Crippen molar-refractivity contribution in [3.8, 4) is 0 Å². The molecule has 3 unspecified atom stereocenters. The summed E-state index contributed by atoms with van der Waals surface area (Å²) in [6, 6.07) is 7.47. The highest BCUT2D eigenvalue weighted by atomic mass is 15.1. The van der Waals surface area contributed by atoms with Crippen LogP contribution in [0.1, 0.15) is 31.2 Å². The van der Waals surface area contributed by atoms with Gasteiger partial charge in [-0.1, -0.05) is 12.5 Å². The average Bonchev–Trinajstić information content (AvgIpc) is 2.93. The summed E-state index contributed by atoms with van der Waals surface area (Å²) in [6.45, 7) is 2.18. The standard InChI is InChI=1S/C16H24N2/c1-11-4-7-14(10-16(11)18(2)3)17-15-9-12-5-6-13(15)8-12/h4,7,10,12-13,15,17H,5-6,8-9H2,1-3H3. The summed E-state index contributed by atoms with van der Waals surface area (Å²) >= 11 is 0. The van der Waals surface area contributed by atoms with Crippen LogP contribution < -0.4 is 10.2 Å². The van der Waals surface area contributed by atoms with Gasteiger partial charge in [-0.25, -0.2) is 0 Å². The molecule has 1 aromatic rings. The molecule has 2 fully saturated rings. The number of nitrogens with one attached hydrogen (secondary N) is 1. The zero-order chi connectivity index (χ0) is 12.7. The molecule has 0 aliphatic heterocycles. The lowest BCUT2D eigenvalue weighted by Gasteiger charge is -2.25. The molecule has 18 heavy (non-hydrogen) atoms. The molecule has 2 aliphatic rings. The van der Waals surface area contributed by atoms with Gasteiger partial charge in [-0.15, -0.1) is 0 Å². The average molecular weight is 244 g/mol. The zero-order valence-electron chi connectivity index (χ0n) is 11.7. The molecule has 2 aliphatic carbocycles. The summed E-state index contributed by atoms with van der Waals surface area (Å²) in [5.41, 5.74) is 3.96. The first-order valence-electron chi connectivity index (χ1n) is 7.18. The van der Waals surface area contributed by atoms with Crippen LogP contribution in [0.3, 0.4) is 0 Å². The highest BCUT2D eigenvalue weighted by molar-refractivity contribution is 5.62. The van der Waals surface area contributed by atoms with Crippen molar-refractivity contribution in [2.24, 2.45) is 11.8 Å². The first-order chi connectivity index (χ1) is 8.63. The largest absolute Gasteiger partial charge is 0.382 e. The van der Waals surface area contributed by atoms with E-state index in [1.165, 1.54) is 42.6 Å². The van der Waals surface area contributed by atoms with Crippen LogP contribution >= 0.6 is 0 Å². The molecule has 0 saturated heterocycles. The Morgan fingerprint density at radius 2 is 2.00 bits per heavy atom. The van der Waals surface area contributed by atoms with Gasteiger partial charge in [0.05, 0.1) is 0 Å². The van der Waals surface area contributed by atoms with Crippen molar-refractivity contribution in [1.29, 1.82) is 0 Å². The van der Waals surface area contributed by atoms with Crippen LogP contribution in [0.15, 0.2) is 18.2 Å². The minimum Gasteiger partial charge on any atom is -0.382 e. The Morgan fingerprint density at radius 3 is 2.61 bits per heavy atom. The molecule has 2 bridgehead atoms. The second-order valence-electron chi connectivity index (χ2n) is 6.32. The van der Waals surface area contributed by atoms with Gasteiger partial charge >= 0.3 is 0 Å². The second-order valence-corrected chi connectivity index (χ2v) is 6.32. The van der Waals surface area contributed by atoms with Crippen molar-refractivity contribution in [2.75, 3.05) is 24.3 Å². The van der Waals surface area contributed by atoms with Crippen molar-refractivity contribution in [1.82, 2.24) is 0 Å². The number of anilines is 2. The van der Waals surface area contributed by atoms with E-state index in [9.17, 15) is 0 Å². The second kappa shape index (κ2) is 4.49. The fraction of sp³-hybridized carbons (Fsp3) is 0.625. The lowest BCUT2D eigenvalue weighted by atomic mass is 9.95. The number of nitrogens with zero attached hydrogens (tertiary/aromatic N) is 1. The number of hydrogen-bond donors (Lipinski definition) is 1. The van der Waals surface area contributed by atoms with Crippen molar-refractivity contribution in [3.63, 3.8) is 0 Å². The monoisotopic (exact) mass is 244 g/mol. The number of aryl methyl sites for hydroxylation is 1. The van der Waals surface area contributed by atoms with E-state index in [4.69, 9.17) is 0 Å². The first-order valence-corrected chi connectivity index (χ1v) is 7.18. The van der Waals surface area contributed by atoms with Crippen molar-refractivity contribution < 1.29 is 0 Å². The summed E-state index contributed by atoms with van der Waals surface area (Å²) in [4.78, 5) is 2.20. The molecule has 2 saturated carbocycles. The molecule has 2 nitrogen and oxygen atoms in total. The Balaban J connectivity index is 1.75. The summed E-state index contributed by atoms with van der Waals surface area (Å²) in [5.74, 6) is 1.94. The molecule has 0 spiro atoms. The van der Waals surface area contributed by atoms with Gasteiger partial charge in [0.15, 0.2) is 0 Å². The minimum absolute atomic E-state index is 0.724. The van der Waals surface area contributed by atoms with Gasteiger partial charge in [0.1, 0.15) is 0 Å². The maximum Gasteiger partial charge on any atom is 0.0411 e. The Morgan fingerprint density at radius 1 is 1.17 bits per heavy atom. The predicted octanol–water partition coefficient (Wildman–Crippen LogP) is 3.66. The van der Waals surface area contributed by atoms with E-state index in [2.05, 4.69) is 49.4 Å². The van der Waals surface area contributed by atoms with Crippen molar-refractivity contribution >= 4 is 11.4 Å². The summed E-state index contributed by atoms with van der Waals surface area (Å²) in [6.07, 6.45) is 5.76. The van der Waals surface area contributed by atoms with Crippen LogP contribution in [0.2, 0.25) is 0 Å². The van der Waals surface area contributed by atoms with Crippen LogP contribution in [-0.4, -0.2) is 20.1 Å². The van der Waals surface area contributed by atoms with Gasteiger partial charge in [-0.3, -0.25) is 0 Å². The van der Waals surface area contributed by atoms with Gasteiger partial charge < -0.3 is 10.2 Å². The lowest BCUT2D eigenvalue weighted by Crippen LogP contribution is -2.26. The van der Waals surface area contributed by atoms with Gasteiger partial charge in [0.25, 0.3) is 0 Å². The van der Waals surface area contributed by atoms with Crippen LogP contribution in [0.25, 0.3) is 0 Å². The number of fused-ring (bicyclic) bond motifs is 2.